The third kappa shape index (κ3) is 4.47. The first-order valence-electron chi connectivity index (χ1n) is 9.59. The van der Waals surface area contributed by atoms with Crippen molar-refractivity contribution in [3.63, 3.8) is 0 Å². The van der Waals surface area contributed by atoms with Gasteiger partial charge in [0.05, 0.1) is 11.4 Å². The van der Waals surface area contributed by atoms with Gasteiger partial charge in [-0.1, -0.05) is 42.5 Å². The number of nitrogens with zero attached hydrogens (tertiary/aromatic N) is 3. The molecule has 0 atom stereocenters. The number of aromatic nitrogens is 2. The molecule has 31 heavy (non-hydrogen) atoms. The Balaban J connectivity index is 0.00000272. The van der Waals surface area contributed by atoms with E-state index in [9.17, 15) is 9.90 Å². The summed E-state index contributed by atoms with van der Waals surface area (Å²) in [6.45, 7) is 1.97. The van der Waals surface area contributed by atoms with Gasteiger partial charge in [0.15, 0.2) is 11.3 Å². The summed E-state index contributed by atoms with van der Waals surface area (Å²) >= 11 is 0. The van der Waals surface area contributed by atoms with Crippen molar-refractivity contribution in [2.45, 2.75) is 6.92 Å². The quantitative estimate of drug-likeness (QED) is 0.581. The molecule has 1 heterocycles. The van der Waals surface area contributed by atoms with Gasteiger partial charge in [-0.05, 0) is 43.3 Å². The normalized spacial score (nSPS) is 14.7. The van der Waals surface area contributed by atoms with Gasteiger partial charge in [-0.25, -0.2) is 9.67 Å². The predicted molar refractivity (Wildman–Crippen MR) is 118 cm³/mol. The van der Waals surface area contributed by atoms with Crippen molar-refractivity contribution in [1.29, 1.82) is 0 Å². The number of nitrogens with one attached hydrogen (secondary N) is 1. The van der Waals surface area contributed by atoms with E-state index in [-0.39, 0.29) is 28.3 Å². The van der Waals surface area contributed by atoms with Gasteiger partial charge in [0, 0.05) is 35.6 Å². The van der Waals surface area contributed by atoms with Crippen molar-refractivity contribution in [3.8, 4) is 11.4 Å². The molecular formula is C24H22CoN4O2. The Kier molecular flexibility index (Phi) is 6.79. The van der Waals surface area contributed by atoms with E-state index in [1.54, 1.807) is 36.6 Å². The molecule has 1 aromatic heterocycles. The number of phenols is 1. The van der Waals surface area contributed by atoms with Crippen LogP contribution in [-0.2, 0) is 28.6 Å². The van der Waals surface area contributed by atoms with E-state index in [4.69, 9.17) is 4.99 Å². The van der Waals surface area contributed by atoms with E-state index >= 15 is 0 Å². The Morgan fingerprint density at radius 3 is 2.39 bits per heavy atom. The Morgan fingerprint density at radius 2 is 1.68 bits per heavy atom. The van der Waals surface area contributed by atoms with Crippen LogP contribution < -0.4 is 10.8 Å². The first-order valence-corrected chi connectivity index (χ1v) is 9.59. The fraction of sp³-hybridized carbons (Fsp3) is 0.0833. The first-order chi connectivity index (χ1) is 14.6. The summed E-state index contributed by atoms with van der Waals surface area (Å²) in [5.74, 6) is 0.0344. The zero-order valence-corrected chi connectivity index (χ0v) is 18.2. The molecule has 0 amide bonds. The fourth-order valence-corrected chi connectivity index (χ4v) is 3.28. The summed E-state index contributed by atoms with van der Waals surface area (Å²) in [5, 5.41) is 13.5. The number of hydrogen-bond donors (Lipinski definition) is 2. The van der Waals surface area contributed by atoms with Crippen molar-refractivity contribution in [2.75, 3.05) is 5.32 Å². The average Bonchev–Trinajstić information content (AvgIpc) is 2.99. The Hall–Kier alpha value is -3.55. The van der Waals surface area contributed by atoms with Gasteiger partial charge in [-0.3, -0.25) is 9.48 Å². The molecular weight excluding hydrogens is 435 g/mol. The van der Waals surface area contributed by atoms with Crippen LogP contribution in [0.25, 0.3) is 5.69 Å². The summed E-state index contributed by atoms with van der Waals surface area (Å²) in [4.78, 5) is 16.9. The fourth-order valence-electron chi connectivity index (χ4n) is 3.28. The summed E-state index contributed by atoms with van der Waals surface area (Å²) < 4.78 is 3.94. The summed E-state index contributed by atoms with van der Waals surface area (Å²) in [7, 11) is 1.94. The standard InChI is InChI=1S/C24H22N4O2.Co/c1-17-23(25-16-18-10-6-8-14-21(18)29)24(26-20-13-7-9-15-22(20)30)28(27(17)2)19-11-4-3-5-12-19;/h3-16,25,30H,1-2H3;/b18-16-,26-24?;. The molecule has 1 radical (unpaired) electrons. The number of ketones is 1. The maximum absolute atomic E-state index is 12.1. The van der Waals surface area contributed by atoms with Gasteiger partial charge in [0.2, 0.25) is 0 Å². The van der Waals surface area contributed by atoms with Crippen molar-refractivity contribution in [1.82, 2.24) is 9.36 Å². The number of allylic oxidation sites excluding steroid dienone is 5. The Bertz CT molecular complexity index is 1260. The van der Waals surface area contributed by atoms with E-state index in [1.807, 2.05) is 65.8 Å². The minimum atomic E-state index is -0.0614. The molecule has 0 bridgehead atoms. The van der Waals surface area contributed by atoms with E-state index in [1.165, 1.54) is 6.08 Å². The summed E-state index contributed by atoms with van der Waals surface area (Å²) in [5.41, 5.74) is 4.22. The third-order valence-electron chi connectivity index (χ3n) is 4.97. The van der Waals surface area contributed by atoms with E-state index in [0.29, 0.717) is 16.7 Å². The summed E-state index contributed by atoms with van der Waals surface area (Å²) in [6, 6.07) is 16.8. The van der Waals surface area contributed by atoms with Crippen molar-refractivity contribution in [2.24, 2.45) is 12.0 Å². The smallest absolute Gasteiger partial charge is 0.187 e. The molecule has 2 N–H and O–H groups in total. The molecule has 7 heteroatoms. The van der Waals surface area contributed by atoms with Gasteiger partial charge in [-0.2, -0.15) is 0 Å². The number of rotatable bonds is 4. The Morgan fingerprint density at radius 1 is 1.00 bits per heavy atom. The molecule has 0 spiro atoms. The molecule has 0 unspecified atom stereocenters. The maximum Gasteiger partial charge on any atom is 0.187 e. The number of carbonyl (C=O) groups excluding carboxylic acids is 1. The number of carbonyl (C=O) groups is 1. The van der Waals surface area contributed by atoms with E-state index in [2.05, 4.69) is 5.32 Å². The second-order valence-electron chi connectivity index (χ2n) is 6.88. The summed E-state index contributed by atoms with van der Waals surface area (Å²) in [6.07, 6.45) is 8.52. The minimum Gasteiger partial charge on any atom is -0.506 e. The SMILES string of the molecule is Cc1c(N/C=C2/C=CC=CC2=O)c(=Nc2ccccc2O)n(-c2ccccc2)n1C.[Co]. The molecule has 2 aromatic carbocycles. The van der Waals surface area contributed by atoms with Crippen LogP contribution in [0.3, 0.4) is 0 Å². The second kappa shape index (κ2) is 9.50. The second-order valence-corrected chi connectivity index (χ2v) is 6.88. The molecule has 6 nitrogen and oxygen atoms in total. The molecule has 159 valence electrons. The van der Waals surface area contributed by atoms with Crippen molar-refractivity contribution < 1.29 is 26.7 Å². The molecule has 0 saturated heterocycles. The molecule has 4 rings (SSSR count). The van der Waals surface area contributed by atoms with Crippen LogP contribution in [0.2, 0.25) is 0 Å². The van der Waals surface area contributed by atoms with Crippen LogP contribution in [0, 0.1) is 6.92 Å². The topological polar surface area (TPSA) is 71.6 Å². The van der Waals surface area contributed by atoms with Crippen LogP contribution in [0.4, 0.5) is 11.4 Å². The number of aromatic hydroxyl groups is 1. The van der Waals surface area contributed by atoms with Crippen LogP contribution in [0.1, 0.15) is 5.69 Å². The van der Waals surface area contributed by atoms with Crippen molar-refractivity contribution >= 4 is 17.2 Å². The van der Waals surface area contributed by atoms with Gasteiger partial charge in [-0.15, -0.1) is 0 Å². The number of para-hydroxylation sites is 3. The number of phenolic OH excluding ortho intramolecular Hbond substituents is 1. The first kappa shape index (κ1) is 22.1. The number of anilines is 1. The molecule has 1 aliphatic carbocycles. The zero-order chi connectivity index (χ0) is 21.1. The molecule has 0 saturated carbocycles. The third-order valence-corrected chi connectivity index (χ3v) is 4.97. The predicted octanol–water partition coefficient (Wildman–Crippen LogP) is 4.05. The van der Waals surface area contributed by atoms with Gasteiger partial charge in [0.1, 0.15) is 17.1 Å². The molecule has 0 fully saturated rings. The molecule has 3 aromatic rings. The number of hydrogen-bond acceptors (Lipinski definition) is 4. The minimum absolute atomic E-state index is 0. The van der Waals surface area contributed by atoms with Gasteiger partial charge < -0.3 is 10.4 Å². The van der Waals surface area contributed by atoms with Crippen molar-refractivity contribution in [3.05, 3.63) is 102 Å². The number of benzene rings is 2. The monoisotopic (exact) mass is 457 g/mol. The largest absolute Gasteiger partial charge is 0.506 e. The maximum atomic E-state index is 12.1. The molecule has 1 aliphatic rings. The molecule has 0 aliphatic heterocycles. The van der Waals surface area contributed by atoms with Crippen LogP contribution in [0.15, 0.2) is 95.7 Å². The van der Waals surface area contributed by atoms with Crippen LogP contribution in [0.5, 0.6) is 5.75 Å². The Labute approximate surface area is 190 Å². The van der Waals surface area contributed by atoms with Gasteiger partial charge in [0.25, 0.3) is 0 Å². The van der Waals surface area contributed by atoms with Gasteiger partial charge >= 0.3 is 0 Å². The van der Waals surface area contributed by atoms with E-state index < -0.39 is 0 Å². The average molecular weight is 457 g/mol. The zero-order valence-electron chi connectivity index (χ0n) is 17.1. The van der Waals surface area contributed by atoms with E-state index in [0.717, 1.165) is 17.1 Å². The van der Waals surface area contributed by atoms with Crippen LogP contribution in [-0.4, -0.2) is 20.3 Å². The van der Waals surface area contributed by atoms with Crippen LogP contribution >= 0.6 is 0 Å².